The SMILES string of the molecule is CCC1CCCCCN1c1ccc(F)cc1/C(N)=N/O. The third kappa shape index (κ3) is 3.03. The summed E-state index contributed by atoms with van der Waals surface area (Å²) in [6.45, 7) is 3.09. The molecule has 1 saturated heterocycles. The molecule has 1 aliphatic heterocycles. The van der Waals surface area contributed by atoms with E-state index in [0.717, 1.165) is 31.5 Å². The number of nitrogens with two attached hydrogens (primary N) is 1. The van der Waals surface area contributed by atoms with Crippen molar-refractivity contribution in [2.75, 3.05) is 11.4 Å². The van der Waals surface area contributed by atoms with Gasteiger partial charge in [-0.25, -0.2) is 4.39 Å². The standard InChI is InChI=1S/C15H22FN3O/c1-2-12-6-4-3-5-9-19(12)14-8-7-11(16)10-13(14)15(17)18-20/h7-8,10,12,20H,2-6,9H2,1H3,(H2,17,18). The number of hydrogen-bond acceptors (Lipinski definition) is 3. The lowest BCUT2D eigenvalue weighted by Crippen LogP contribution is -2.36. The average Bonchev–Trinajstić information content (AvgIpc) is 2.71. The number of anilines is 1. The number of halogens is 1. The summed E-state index contributed by atoms with van der Waals surface area (Å²) < 4.78 is 13.5. The molecule has 1 atom stereocenters. The van der Waals surface area contributed by atoms with Crippen LogP contribution in [0.1, 0.15) is 44.6 Å². The lowest BCUT2D eigenvalue weighted by Gasteiger charge is -2.33. The second kappa shape index (κ2) is 6.59. The van der Waals surface area contributed by atoms with E-state index in [9.17, 15) is 4.39 Å². The molecule has 0 radical (unpaired) electrons. The van der Waals surface area contributed by atoms with Gasteiger partial charge in [-0.3, -0.25) is 0 Å². The highest BCUT2D eigenvalue weighted by atomic mass is 19.1. The van der Waals surface area contributed by atoms with E-state index in [4.69, 9.17) is 10.9 Å². The molecule has 0 bridgehead atoms. The molecule has 1 unspecified atom stereocenters. The number of nitrogens with zero attached hydrogens (tertiary/aromatic N) is 2. The van der Waals surface area contributed by atoms with Crippen LogP contribution in [0.15, 0.2) is 23.4 Å². The van der Waals surface area contributed by atoms with Gasteiger partial charge in [-0.1, -0.05) is 24.9 Å². The number of oxime groups is 1. The van der Waals surface area contributed by atoms with E-state index in [1.165, 1.54) is 25.0 Å². The largest absolute Gasteiger partial charge is 0.409 e. The Morgan fingerprint density at radius 3 is 2.95 bits per heavy atom. The van der Waals surface area contributed by atoms with Crippen LogP contribution >= 0.6 is 0 Å². The van der Waals surface area contributed by atoms with Crippen LogP contribution in [-0.4, -0.2) is 23.6 Å². The van der Waals surface area contributed by atoms with Crippen molar-refractivity contribution in [3.8, 4) is 0 Å². The van der Waals surface area contributed by atoms with Crippen molar-refractivity contribution >= 4 is 11.5 Å². The molecule has 0 aliphatic carbocycles. The van der Waals surface area contributed by atoms with E-state index in [-0.39, 0.29) is 11.7 Å². The summed E-state index contributed by atoms with van der Waals surface area (Å²) in [7, 11) is 0. The number of amidine groups is 1. The van der Waals surface area contributed by atoms with E-state index in [1.54, 1.807) is 6.07 Å². The molecule has 1 aromatic rings. The lowest BCUT2D eigenvalue weighted by atomic mass is 10.0. The smallest absolute Gasteiger partial charge is 0.172 e. The Bertz CT molecular complexity index is 490. The van der Waals surface area contributed by atoms with E-state index in [1.807, 2.05) is 0 Å². The number of hydrogen-bond donors (Lipinski definition) is 2. The quantitative estimate of drug-likeness (QED) is 0.387. The summed E-state index contributed by atoms with van der Waals surface area (Å²) in [5, 5.41) is 11.9. The second-order valence-corrected chi connectivity index (χ2v) is 5.25. The fourth-order valence-electron chi connectivity index (χ4n) is 2.94. The zero-order valence-electron chi connectivity index (χ0n) is 11.8. The van der Waals surface area contributed by atoms with Crippen LogP contribution in [0.25, 0.3) is 0 Å². The van der Waals surface area contributed by atoms with E-state index < -0.39 is 0 Å². The topological polar surface area (TPSA) is 61.8 Å². The Morgan fingerprint density at radius 1 is 1.45 bits per heavy atom. The maximum Gasteiger partial charge on any atom is 0.172 e. The third-order valence-corrected chi connectivity index (χ3v) is 4.00. The molecule has 5 heteroatoms. The van der Waals surface area contributed by atoms with Gasteiger partial charge < -0.3 is 15.8 Å². The zero-order valence-corrected chi connectivity index (χ0v) is 11.8. The molecule has 1 aliphatic rings. The van der Waals surface area contributed by atoms with E-state index >= 15 is 0 Å². The fraction of sp³-hybridized carbons (Fsp3) is 0.533. The first-order valence-corrected chi connectivity index (χ1v) is 7.21. The highest BCUT2D eigenvalue weighted by molar-refractivity contribution is 6.02. The molecule has 3 N–H and O–H groups in total. The molecule has 4 nitrogen and oxygen atoms in total. The molecule has 1 heterocycles. The molecule has 0 spiro atoms. The van der Waals surface area contributed by atoms with Crippen LogP contribution in [0.4, 0.5) is 10.1 Å². The predicted molar refractivity (Wildman–Crippen MR) is 78.8 cm³/mol. The van der Waals surface area contributed by atoms with Crippen molar-refractivity contribution in [3.63, 3.8) is 0 Å². The van der Waals surface area contributed by atoms with Crippen molar-refractivity contribution in [1.82, 2.24) is 0 Å². The highest BCUT2D eigenvalue weighted by Crippen LogP contribution is 2.29. The van der Waals surface area contributed by atoms with Crippen LogP contribution < -0.4 is 10.6 Å². The molecule has 20 heavy (non-hydrogen) atoms. The lowest BCUT2D eigenvalue weighted by molar-refractivity contribution is 0.318. The molecular formula is C15H22FN3O. The Hall–Kier alpha value is -1.78. The first-order chi connectivity index (χ1) is 9.67. The van der Waals surface area contributed by atoms with Crippen molar-refractivity contribution in [2.45, 2.75) is 45.1 Å². The summed E-state index contributed by atoms with van der Waals surface area (Å²) in [6.07, 6.45) is 5.71. The molecule has 1 fully saturated rings. The van der Waals surface area contributed by atoms with Crippen molar-refractivity contribution < 1.29 is 9.60 Å². The normalized spacial score (nSPS) is 20.8. The Kier molecular flexibility index (Phi) is 4.82. The Morgan fingerprint density at radius 2 is 2.25 bits per heavy atom. The van der Waals surface area contributed by atoms with Gasteiger partial charge in [0.15, 0.2) is 5.84 Å². The average molecular weight is 279 g/mol. The van der Waals surface area contributed by atoms with Gasteiger partial charge in [0.05, 0.1) is 0 Å². The number of rotatable bonds is 3. The molecule has 0 aromatic heterocycles. The van der Waals surface area contributed by atoms with Crippen LogP contribution in [0.5, 0.6) is 0 Å². The minimum atomic E-state index is -0.377. The van der Waals surface area contributed by atoms with Gasteiger partial charge >= 0.3 is 0 Å². The summed E-state index contributed by atoms with van der Waals surface area (Å²) in [5.41, 5.74) is 7.03. The van der Waals surface area contributed by atoms with Gasteiger partial charge in [-0.05, 0) is 37.5 Å². The molecular weight excluding hydrogens is 257 g/mol. The van der Waals surface area contributed by atoms with E-state index in [2.05, 4.69) is 17.0 Å². The highest BCUT2D eigenvalue weighted by Gasteiger charge is 2.23. The second-order valence-electron chi connectivity index (χ2n) is 5.25. The van der Waals surface area contributed by atoms with Gasteiger partial charge in [-0.2, -0.15) is 0 Å². The van der Waals surface area contributed by atoms with Crippen LogP contribution in [0.2, 0.25) is 0 Å². The molecule has 110 valence electrons. The van der Waals surface area contributed by atoms with Crippen LogP contribution in [-0.2, 0) is 0 Å². The van der Waals surface area contributed by atoms with Gasteiger partial charge in [0.2, 0.25) is 0 Å². The van der Waals surface area contributed by atoms with Crippen LogP contribution in [0.3, 0.4) is 0 Å². The molecule has 0 amide bonds. The minimum Gasteiger partial charge on any atom is -0.409 e. The van der Waals surface area contributed by atoms with Crippen molar-refractivity contribution in [1.29, 1.82) is 0 Å². The van der Waals surface area contributed by atoms with Gasteiger partial charge in [0, 0.05) is 23.8 Å². The summed E-state index contributed by atoms with van der Waals surface area (Å²) >= 11 is 0. The third-order valence-electron chi connectivity index (χ3n) is 4.00. The van der Waals surface area contributed by atoms with Crippen LogP contribution in [0, 0.1) is 5.82 Å². The number of benzene rings is 1. The minimum absolute atomic E-state index is 0.0430. The molecule has 0 saturated carbocycles. The zero-order chi connectivity index (χ0) is 14.5. The van der Waals surface area contributed by atoms with Crippen molar-refractivity contribution in [2.24, 2.45) is 10.9 Å². The molecule has 2 rings (SSSR count). The predicted octanol–water partition coefficient (Wildman–Crippen LogP) is 3.08. The first kappa shape index (κ1) is 14.6. The van der Waals surface area contributed by atoms with Gasteiger partial charge in [-0.15, -0.1) is 0 Å². The fourth-order valence-corrected chi connectivity index (χ4v) is 2.94. The summed E-state index contributed by atoms with van der Waals surface area (Å²) in [6, 6.07) is 4.92. The Labute approximate surface area is 119 Å². The van der Waals surface area contributed by atoms with Crippen molar-refractivity contribution in [3.05, 3.63) is 29.6 Å². The van der Waals surface area contributed by atoms with Gasteiger partial charge in [0.1, 0.15) is 5.82 Å². The monoisotopic (exact) mass is 279 g/mol. The molecule has 1 aromatic carbocycles. The Balaban J connectivity index is 2.43. The first-order valence-electron chi connectivity index (χ1n) is 7.21. The maximum absolute atomic E-state index is 13.5. The summed E-state index contributed by atoms with van der Waals surface area (Å²) in [5.74, 6) is -0.420. The summed E-state index contributed by atoms with van der Waals surface area (Å²) in [4.78, 5) is 2.28. The van der Waals surface area contributed by atoms with Gasteiger partial charge in [0.25, 0.3) is 0 Å². The maximum atomic E-state index is 13.5. The van der Waals surface area contributed by atoms with E-state index in [0.29, 0.717) is 11.6 Å².